The lowest BCUT2D eigenvalue weighted by Gasteiger charge is -2.08. The molecule has 0 saturated heterocycles. The summed E-state index contributed by atoms with van der Waals surface area (Å²) in [5, 5.41) is 8.41. The Morgan fingerprint density at radius 3 is 2.53 bits per heavy atom. The van der Waals surface area contributed by atoms with E-state index in [4.69, 9.17) is 5.26 Å². The van der Waals surface area contributed by atoms with Crippen LogP contribution in [0.2, 0.25) is 0 Å². The van der Waals surface area contributed by atoms with Gasteiger partial charge in [-0.15, -0.1) is 0 Å². The van der Waals surface area contributed by atoms with Crippen LogP contribution in [0.4, 0.5) is 0 Å². The predicted octanol–water partition coefficient (Wildman–Crippen LogP) is 4.26. The van der Waals surface area contributed by atoms with Crippen molar-refractivity contribution < 1.29 is 0 Å². The molecule has 0 unspecified atom stereocenters. The summed E-state index contributed by atoms with van der Waals surface area (Å²) in [5.74, 6) is 1.16. The van der Waals surface area contributed by atoms with E-state index in [1.165, 1.54) is 38.5 Å². The van der Waals surface area contributed by atoms with Gasteiger partial charge in [-0.1, -0.05) is 49.8 Å². The number of nitrogens with zero attached hydrogens (tertiary/aromatic N) is 2. The van der Waals surface area contributed by atoms with Crippen LogP contribution < -0.4 is 0 Å². The van der Waals surface area contributed by atoms with E-state index in [9.17, 15) is 0 Å². The number of hydrogen-bond acceptors (Lipinski definition) is 4. The highest BCUT2D eigenvalue weighted by atomic mass is 33.1. The topological polar surface area (TPSA) is 27.0 Å². The lowest BCUT2D eigenvalue weighted by molar-refractivity contribution is 0.627. The van der Waals surface area contributed by atoms with Crippen LogP contribution in [0.1, 0.15) is 45.4 Å². The second kappa shape index (κ2) is 12.2. The number of unbranched alkanes of at least 4 members (excludes halogenated alkanes) is 5. The van der Waals surface area contributed by atoms with Gasteiger partial charge in [-0.2, -0.15) is 5.26 Å². The van der Waals surface area contributed by atoms with Gasteiger partial charge in [0, 0.05) is 12.8 Å². The van der Waals surface area contributed by atoms with Crippen molar-refractivity contribution >= 4 is 21.8 Å². The predicted molar refractivity (Wildman–Crippen MR) is 71.1 cm³/mol. The first kappa shape index (κ1) is 15.2. The van der Waals surface area contributed by atoms with Gasteiger partial charge in [0.1, 0.15) is 0 Å². The Morgan fingerprint density at radius 1 is 1.20 bits per heavy atom. The molecule has 0 amide bonds. The van der Waals surface area contributed by atoms with E-state index < -0.39 is 0 Å². The summed E-state index contributed by atoms with van der Waals surface area (Å²) in [6, 6.07) is 2.07. The van der Waals surface area contributed by atoms with Crippen LogP contribution in [0.15, 0.2) is 0 Å². The Kier molecular flexibility index (Phi) is 12.3. The summed E-state index contributed by atoms with van der Waals surface area (Å²) in [5.41, 5.74) is 0. The fraction of sp³-hybridized carbons (Fsp3) is 0.818. The van der Waals surface area contributed by atoms with Gasteiger partial charge in [0.05, 0.1) is 12.6 Å². The van der Waals surface area contributed by atoms with Crippen molar-refractivity contribution in [1.29, 1.82) is 5.26 Å². The SMILES string of the molecule is [CH2]N(CC#N)SSCCCCCCCC. The van der Waals surface area contributed by atoms with Gasteiger partial charge < -0.3 is 0 Å². The fourth-order valence-electron chi connectivity index (χ4n) is 1.16. The monoisotopic (exact) mass is 245 g/mol. The van der Waals surface area contributed by atoms with Crippen molar-refractivity contribution in [3.8, 4) is 6.07 Å². The summed E-state index contributed by atoms with van der Waals surface area (Å²) in [6.45, 7) is 2.64. The van der Waals surface area contributed by atoms with Crippen LogP contribution in [0, 0.1) is 18.4 Å². The number of nitriles is 1. The average molecular weight is 245 g/mol. The molecule has 0 aliphatic rings. The van der Waals surface area contributed by atoms with Crippen LogP contribution in [0.5, 0.6) is 0 Å². The zero-order chi connectivity index (χ0) is 11.4. The summed E-state index contributed by atoms with van der Waals surface area (Å²) in [6.07, 6.45) is 8.05. The minimum Gasteiger partial charge on any atom is -0.226 e. The lowest BCUT2D eigenvalue weighted by atomic mass is 10.1. The minimum absolute atomic E-state index is 0.397. The molecule has 0 saturated carbocycles. The van der Waals surface area contributed by atoms with E-state index in [2.05, 4.69) is 20.0 Å². The Morgan fingerprint density at radius 2 is 1.87 bits per heavy atom. The molecule has 0 aromatic carbocycles. The molecule has 0 aliphatic heterocycles. The third kappa shape index (κ3) is 12.1. The molecule has 0 aliphatic carbocycles. The van der Waals surface area contributed by atoms with Gasteiger partial charge in [0.25, 0.3) is 0 Å². The van der Waals surface area contributed by atoms with Gasteiger partial charge in [0.15, 0.2) is 0 Å². The van der Waals surface area contributed by atoms with Crippen molar-refractivity contribution in [2.75, 3.05) is 12.3 Å². The highest BCUT2D eigenvalue weighted by molar-refractivity contribution is 8.75. The molecule has 1 radical (unpaired) electrons. The van der Waals surface area contributed by atoms with Gasteiger partial charge in [-0.05, 0) is 17.4 Å². The Hall–Kier alpha value is 0.150. The maximum absolute atomic E-state index is 8.41. The van der Waals surface area contributed by atoms with E-state index in [0.717, 1.165) is 5.75 Å². The van der Waals surface area contributed by atoms with Crippen molar-refractivity contribution in [2.24, 2.45) is 0 Å². The van der Waals surface area contributed by atoms with Crippen LogP contribution in [0.25, 0.3) is 0 Å². The Labute approximate surface area is 102 Å². The molecule has 0 rings (SSSR count). The highest BCUT2D eigenvalue weighted by Gasteiger charge is 1.98. The maximum atomic E-state index is 8.41. The molecule has 0 aromatic rings. The molecule has 0 N–H and O–H groups in total. The van der Waals surface area contributed by atoms with E-state index in [1.807, 2.05) is 0 Å². The normalized spacial score (nSPS) is 10.5. The van der Waals surface area contributed by atoms with Crippen LogP contribution in [-0.2, 0) is 0 Å². The second-order valence-electron chi connectivity index (χ2n) is 3.46. The molecule has 0 heterocycles. The average Bonchev–Trinajstić information content (AvgIpc) is 2.22. The second-order valence-corrected chi connectivity index (χ2v) is 5.93. The van der Waals surface area contributed by atoms with E-state index in [0.29, 0.717) is 6.54 Å². The zero-order valence-corrected chi connectivity index (χ0v) is 11.2. The zero-order valence-electron chi connectivity index (χ0n) is 9.57. The van der Waals surface area contributed by atoms with Crippen LogP contribution >= 0.6 is 21.8 Å². The molecular formula is C11H21N2S2. The summed E-state index contributed by atoms with van der Waals surface area (Å²) < 4.78 is 1.72. The summed E-state index contributed by atoms with van der Waals surface area (Å²) >= 11 is 0. The van der Waals surface area contributed by atoms with E-state index in [-0.39, 0.29) is 0 Å². The van der Waals surface area contributed by atoms with Crippen LogP contribution in [0.3, 0.4) is 0 Å². The highest BCUT2D eigenvalue weighted by Crippen LogP contribution is 2.26. The van der Waals surface area contributed by atoms with Gasteiger partial charge in [0.2, 0.25) is 0 Å². The van der Waals surface area contributed by atoms with Crippen LogP contribution in [-0.4, -0.2) is 16.6 Å². The maximum Gasteiger partial charge on any atom is 0.0970 e. The third-order valence-corrected chi connectivity index (χ3v) is 4.34. The largest absolute Gasteiger partial charge is 0.226 e. The lowest BCUT2D eigenvalue weighted by Crippen LogP contribution is -2.03. The van der Waals surface area contributed by atoms with E-state index >= 15 is 0 Å². The van der Waals surface area contributed by atoms with Gasteiger partial charge in [-0.3, -0.25) is 0 Å². The van der Waals surface area contributed by atoms with E-state index in [1.54, 1.807) is 26.1 Å². The smallest absolute Gasteiger partial charge is 0.0970 e. The molecule has 0 atom stereocenters. The summed E-state index contributed by atoms with van der Waals surface area (Å²) in [7, 11) is 7.12. The molecule has 87 valence electrons. The molecular weight excluding hydrogens is 224 g/mol. The van der Waals surface area contributed by atoms with Crippen molar-refractivity contribution in [3.05, 3.63) is 7.05 Å². The number of hydrogen-bond donors (Lipinski definition) is 0. The molecule has 4 heteroatoms. The quantitative estimate of drug-likeness (QED) is 0.249. The summed E-state index contributed by atoms with van der Waals surface area (Å²) in [4.78, 5) is 0. The van der Waals surface area contributed by atoms with Crippen molar-refractivity contribution in [2.45, 2.75) is 45.4 Å². The van der Waals surface area contributed by atoms with Crippen molar-refractivity contribution in [3.63, 3.8) is 0 Å². The minimum atomic E-state index is 0.397. The molecule has 15 heavy (non-hydrogen) atoms. The standard InChI is InChI=1S/C11H21N2S2/c1-3-4-5-6-7-8-11-14-15-13(2)10-9-12/h2-8,10-11H2,1H3. The first-order valence-electron chi connectivity index (χ1n) is 5.55. The Bertz CT molecular complexity index is 168. The third-order valence-electron chi connectivity index (χ3n) is 1.99. The molecule has 0 fully saturated rings. The van der Waals surface area contributed by atoms with Gasteiger partial charge >= 0.3 is 0 Å². The molecule has 0 aromatic heterocycles. The first-order valence-corrected chi connectivity index (χ1v) is 7.83. The first-order chi connectivity index (χ1) is 7.31. The molecule has 0 spiro atoms. The molecule has 0 bridgehead atoms. The molecule has 2 nitrogen and oxygen atoms in total. The van der Waals surface area contributed by atoms with Crippen molar-refractivity contribution in [1.82, 2.24) is 4.31 Å². The van der Waals surface area contributed by atoms with Gasteiger partial charge in [-0.25, -0.2) is 4.31 Å². The Balaban J connectivity index is 3.02. The fourth-order valence-corrected chi connectivity index (χ4v) is 3.00. The number of rotatable bonds is 10.